The van der Waals surface area contributed by atoms with E-state index in [-0.39, 0.29) is 5.91 Å². The largest absolute Gasteiger partial charge is 0.352 e. The molecule has 0 unspecified atom stereocenters. The highest BCUT2D eigenvalue weighted by Gasteiger charge is 2.06. The topological polar surface area (TPSA) is 46.9 Å². The minimum Gasteiger partial charge on any atom is -0.352 e. The lowest BCUT2D eigenvalue weighted by atomic mass is 10.2. The third kappa shape index (κ3) is 3.46. The van der Waals surface area contributed by atoms with Crippen LogP contribution in [-0.2, 0) is 17.9 Å². The zero-order valence-corrected chi connectivity index (χ0v) is 12.8. The van der Waals surface area contributed by atoms with E-state index in [4.69, 9.17) is 11.6 Å². The van der Waals surface area contributed by atoms with Crippen LogP contribution >= 0.6 is 11.6 Å². The molecule has 0 saturated heterocycles. The van der Waals surface area contributed by atoms with Crippen molar-refractivity contribution < 1.29 is 4.79 Å². The summed E-state index contributed by atoms with van der Waals surface area (Å²) in [5.74, 6) is 0.0152. The van der Waals surface area contributed by atoms with Crippen LogP contribution < -0.4 is 5.32 Å². The SMILES string of the molecule is O=C(CCn1ncc2cc(Cl)ccc21)NCc1ccccc1. The van der Waals surface area contributed by atoms with Crippen LogP contribution in [0.1, 0.15) is 12.0 Å². The van der Waals surface area contributed by atoms with Crippen molar-refractivity contribution in [2.24, 2.45) is 0 Å². The summed E-state index contributed by atoms with van der Waals surface area (Å²) in [6.45, 7) is 1.10. The van der Waals surface area contributed by atoms with Gasteiger partial charge in [-0.3, -0.25) is 9.48 Å². The molecule has 4 nitrogen and oxygen atoms in total. The van der Waals surface area contributed by atoms with Crippen molar-refractivity contribution in [3.63, 3.8) is 0 Å². The Morgan fingerprint density at radius 1 is 1.18 bits per heavy atom. The lowest BCUT2D eigenvalue weighted by Crippen LogP contribution is -2.24. The molecule has 5 heteroatoms. The molecule has 0 bridgehead atoms. The Bertz CT molecular complexity index is 783. The molecule has 1 N–H and O–H groups in total. The van der Waals surface area contributed by atoms with Crippen LogP contribution in [0.5, 0.6) is 0 Å². The molecule has 112 valence electrons. The van der Waals surface area contributed by atoms with E-state index < -0.39 is 0 Å². The zero-order chi connectivity index (χ0) is 15.4. The molecule has 2 aromatic carbocycles. The van der Waals surface area contributed by atoms with E-state index >= 15 is 0 Å². The number of carbonyl (C=O) groups is 1. The number of amides is 1. The summed E-state index contributed by atoms with van der Waals surface area (Å²) in [5, 5.41) is 8.89. The summed E-state index contributed by atoms with van der Waals surface area (Å²) in [5.41, 5.74) is 2.08. The van der Waals surface area contributed by atoms with Crippen LogP contribution in [-0.4, -0.2) is 15.7 Å². The van der Waals surface area contributed by atoms with Gasteiger partial charge in [-0.15, -0.1) is 0 Å². The predicted molar refractivity (Wildman–Crippen MR) is 87.6 cm³/mol. The predicted octanol–water partition coefficient (Wildman–Crippen LogP) is 3.40. The van der Waals surface area contributed by atoms with Gasteiger partial charge < -0.3 is 5.32 Å². The Labute approximate surface area is 133 Å². The summed E-state index contributed by atoms with van der Waals surface area (Å²) >= 11 is 5.95. The molecule has 0 saturated carbocycles. The first-order chi connectivity index (χ1) is 10.7. The van der Waals surface area contributed by atoms with Gasteiger partial charge in [0.1, 0.15) is 0 Å². The number of aromatic nitrogens is 2. The maximum Gasteiger partial charge on any atom is 0.222 e. The minimum absolute atomic E-state index is 0.0152. The number of benzene rings is 2. The Morgan fingerprint density at radius 3 is 2.82 bits per heavy atom. The highest BCUT2D eigenvalue weighted by atomic mass is 35.5. The fourth-order valence-corrected chi connectivity index (χ4v) is 2.51. The number of halogens is 1. The van der Waals surface area contributed by atoms with Crippen molar-refractivity contribution in [1.82, 2.24) is 15.1 Å². The van der Waals surface area contributed by atoms with Gasteiger partial charge >= 0.3 is 0 Å². The molecule has 1 heterocycles. The third-order valence-corrected chi connectivity index (χ3v) is 3.72. The minimum atomic E-state index is 0.0152. The van der Waals surface area contributed by atoms with E-state index in [1.54, 1.807) is 6.20 Å². The molecule has 0 aliphatic heterocycles. The molecular weight excluding hydrogens is 298 g/mol. The molecule has 0 spiro atoms. The Balaban J connectivity index is 1.56. The number of fused-ring (bicyclic) bond motifs is 1. The fraction of sp³-hybridized carbons (Fsp3) is 0.176. The van der Waals surface area contributed by atoms with Crippen molar-refractivity contribution >= 4 is 28.4 Å². The number of hydrogen-bond acceptors (Lipinski definition) is 2. The van der Waals surface area contributed by atoms with Crippen LogP contribution in [0.2, 0.25) is 5.02 Å². The Hall–Kier alpha value is -2.33. The van der Waals surface area contributed by atoms with Crippen molar-refractivity contribution in [2.75, 3.05) is 0 Å². The van der Waals surface area contributed by atoms with Crippen molar-refractivity contribution in [3.05, 3.63) is 65.3 Å². The first-order valence-electron chi connectivity index (χ1n) is 7.14. The van der Waals surface area contributed by atoms with E-state index in [1.165, 1.54) is 0 Å². The second kappa shape index (κ2) is 6.62. The molecule has 1 aromatic heterocycles. The average molecular weight is 314 g/mol. The lowest BCUT2D eigenvalue weighted by molar-refractivity contribution is -0.121. The van der Waals surface area contributed by atoms with Crippen molar-refractivity contribution in [2.45, 2.75) is 19.5 Å². The maximum atomic E-state index is 11.9. The number of hydrogen-bond donors (Lipinski definition) is 1. The van der Waals surface area contributed by atoms with Crippen LogP contribution in [0.4, 0.5) is 0 Å². The van der Waals surface area contributed by atoms with E-state index in [0.717, 1.165) is 16.5 Å². The maximum absolute atomic E-state index is 11.9. The quantitative estimate of drug-likeness (QED) is 0.785. The number of nitrogens with zero attached hydrogens (tertiary/aromatic N) is 2. The van der Waals surface area contributed by atoms with Crippen LogP contribution in [0.25, 0.3) is 10.9 Å². The molecule has 1 amide bonds. The zero-order valence-electron chi connectivity index (χ0n) is 12.0. The van der Waals surface area contributed by atoms with Gasteiger partial charge in [0, 0.05) is 23.4 Å². The van der Waals surface area contributed by atoms with E-state index in [1.807, 2.05) is 53.2 Å². The van der Waals surface area contributed by atoms with Crippen molar-refractivity contribution in [3.8, 4) is 0 Å². The lowest BCUT2D eigenvalue weighted by Gasteiger charge is -2.06. The summed E-state index contributed by atoms with van der Waals surface area (Å²) in [7, 11) is 0. The Morgan fingerprint density at radius 2 is 2.00 bits per heavy atom. The monoisotopic (exact) mass is 313 g/mol. The first kappa shape index (κ1) is 14.6. The van der Waals surface area contributed by atoms with Gasteiger partial charge in [-0.25, -0.2) is 0 Å². The molecule has 3 aromatic rings. The smallest absolute Gasteiger partial charge is 0.222 e. The van der Waals surface area contributed by atoms with Gasteiger partial charge in [-0.1, -0.05) is 41.9 Å². The highest BCUT2D eigenvalue weighted by Crippen LogP contribution is 2.19. The number of aryl methyl sites for hydroxylation is 1. The fourth-order valence-electron chi connectivity index (χ4n) is 2.33. The van der Waals surface area contributed by atoms with Crippen LogP contribution in [0.3, 0.4) is 0 Å². The summed E-state index contributed by atoms with van der Waals surface area (Å²) < 4.78 is 1.83. The second-order valence-electron chi connectivity index (χ2n) is 5.08. The van der Waals surface area contributed by atoms with E-state index in [0.29, 0.717) is 24.5 Å². The molecule has 0 aliphatic rings. The van der Waals surface area contributed by atoms with E-state index in [9.17, 15) is 4.79 Å². The molecule has 0 radical (unpaired) electrons. The number of rotatable bonds is 5. The molecule has 3 rings (SSSR count). The molecule has 0 fully saturated rings. The van der Waals surface area contributed by atoms with Gasteiger partial charge in [0.15, 0.2) is 0 Å². The van der Waals surface area contributed by atoms with Crippen molar-refractivity contribution in [1.29, 1.82) is 0 Å². The highest BCUT2D eigenvalue weighted by molar-refractivity contribution is 6.31. The molecule has 0 atom stereocenters. The summed E-state index contributed by atoms with van der Waals surface area (Å²) in [6.07, 6.45) is 2.16. The van der Waals surface area contributed by atoms with Gasteiger partial charge in [0.05, 0.1) is 18.3 Å². The Kier molecular flexibility index (Phi) is 4.39. The van der Waals surface area contributed by atoms with Gasteiger partial charge in [0.25, 0.3) is 0 Å². The standard InChI is InChI=1S/C17H16ClN3O/c18-15-6-7-16-14(10-15)12-20-21(16)9-8-17(22)19-11-13-4-2-1-3-5-13/h1-7,10,12H,8-9,11H2,(H,19,22). The molecule has 0 aliphatic carbocycles. The molecule has 22 heavy (non-hydrogen) atoms. The summed E-state index contributed by atoms with van der Waals surface area (Å²) in [6, 6.07) is 15.5. The number of nitrogens with one attached hydrogen (secondary N) is 1. The average Bonchev–Trinajstić information content (AvgIpc) is 2.94. The normalized spacial score (nSPS) is 10.8. The van der Waals surface area contributed by atoms with Gasteiger partial charge in [-0.05, 0) is 23.8 Å². The number of carbonyl (C=O) groups excluding carboxylic acids is 1. The summed E-state index contributed by atoms with van der Waals surface area (Å²) in [4.78, 5) is 11.9. The second-order valence-corrected chi connectivity index (χ2v) is 5.52. The molecular formula is C17H16ClN3O. The van der Waals surface area contributed by atoms with Gasteiger partial charge in [0.2, 0.25) is 5.91 Å². The van der Waals surface area contributed by atoms with Crippen LogP contribution in [0, 0.1) is 0 Å². The third-order valence-electron chi connectivity index (χ3n) is 3.49. The van der Waals surface area contributed by atoms with E-state index in [2.05, 4.69) is 10.4 Å². The first-order valence-corrected chi connectivity index (χ1v) is 7.52. The van der Waals surface area contributed by atoms with Gasteiger partial charge in [-0.2, -0.15) is 5.10 Å². The van der Waals surface area contributed by atoms with Crippen LogP contribution in [0.15, 0.2) is 54.7 Å².